The van der Waals surface area contributed by atoms with Crippen LogP contribution in [0.2, 0.25) is 0 Å². The molecule has 0 saturated carbocycles. The van der Waals surface area contributed by atoms with Gasteiger partial charge in [-0.05, 0) is 31.3 Å². The zero-order chi connectivity index (χ0) is 10.2. The molecule has 1 aliphatic heterocycles. The summed E-state index contributed by atoms with van der Waals surface area (Å²) in [5.41, 5.74) is 4.06. The largest absolute Gasteiger partial charge is 0.262 e. The van der Waals surface area contributed by atoms with Crippen LogP contribution in [0.25, 0.3) is 0 Å². The average Bonchev–Trinajstić information content (AvgIpc) is 2.07. The summed E-state index contributed by atoms with van der Waals surface area (Å²) in [6.07, 6.45) is 0. The van der Waals surface area contributed by atoms with Crippen LogP contribution >= 0.6 is 0 Å². The van der Waals surface area contributed by atoms with Crippen molar-refractivity contribution in [1.29, 1.82) is 0 Å². The van der Waals surface area contributed by atoms with Crippen LogP contribution in [-0.4, -0.2) is 5.71 Å². The fraction of sp³-hybridized carbons (Fsp3) is 0.750. The maximum atomic E-state index is 4.69. The molecular weight excluding hydrogens is 158 g/mol. The zero-order valence-corrected chi connectivity index (χ0v) is 9.68. The first-order chi connectivity index (χ1) is 5.95. The molecule has 0 aromatic heterocycles. The third-order valence-corrected chi connectivity index (χ3v) is 3.36. The Morgan fingerprint density at radius 1 is 1.08 bits per heavy atom. The van der Waals surface area contributed by atoms with Crippen LogP contribution in [0.15, 0.2) is 16.3 Å². The van der Waals surface area contributed by atoms with Crippen LogP contribution in [0.4, 0.5) is 0 Å². The van der Waals surface area contributed by atoms with Gasteiger partial charge in [0.25, 0.3) is 0 Å². The summed E-state index contributed by atoms with van der Waals surface area (Å²) < 4.78 is 0. The van der Waals surface area contributed by atoms with Gasteiger partial charge in [-0.3, -0.25) is 4.99 Å². The molecule has 0 spiro atoms. The second kappa shape index (κ2) is 3.65. The smallest absolute Gasteiger partial charge is 0.0364 e. The molecule has 1 nitrogen and oxygen atoms in total. The van der Waals surface area contributed by atoms with Crippen molar-refractivity contribution < 1.29 is 0 Å². The molecule has 2 atom stereocenters. The van der Waals surface area contributed by atoms with Crippen molar-refractivity contribution in [2.45, 2.75) is 41.5 Å². The molecule has 1 aliphatic rings. The van der Waals surface area contributed by atoms with Crippen molar-refractivity contribution in [2.75, 3.05) is 0 Å². The van der Waals surface area contributed by atoms with E-state index in [-0.39, 0.29) is 0 Å². The zero-order valence-electron chi connectivity index (χ0n) is 9.68. The molecular formula is C12H21N. The molecule has 0 radical (unpaired) electrons. The average molecular weight is 179 g/mol. The molecule has 0 aromatic carbocycles. The lowest BCUT2D eigenvalue weighted by Gasteiger charge is -2.30. The van der Waals surface area contributed by atoms with Gasteiger partial charge < -0.3 is 0 Å². The van der Waals surface area contributed by atoms with Gasteiger partial charge in [-0.25, -0.2) is 0 Å². The fourth-order valence-electron chi connectivity index (χ4n) is 2.00. The van der Waals surface area contributed by atoms with Crippen LogP contribution in [0.1, 0.15) is 41.5 Å². The summed E-state index contributed by atoms with van der Waals surface area (Å²) in [5.74, 6) is 1.86. The highest BCUT2D eigenvalue weighted by atomic mass is 14.8. The van der Waals surface area contributed by atoms with E-state index in [9.17, 15) is 0 Å². The molecule has 0 bridgehead atoms. The Bertz CT molecular complexity index is 258. The van der Waals surface area contributed by atoms with E-state index in [2.05, 4.69) is 41.5 Å². The fourth-order valence-corrected chi connectivity index (χ4v) is 2.00. The van der Waals surface area contributed by atoms with Crippen molar-refractivity contribution in [2.24, 2.45) is 22.7 Å². The number of rotatable bonds is 1. The van der Waals surface area contributed by atoms with Crippen LogP contribution in [0.5, 0.6) is 0 Å². The van der Waals surface area contributed by atoms with Crippen molar-refractivity contribution in [1.82, 2.24) is 0 Å². The van der Waals surface area contributed by atoms with E-state index >= 15 is 0 Å². The second-order valence-electron chi connectivity index (χ2n) is 4.54. The number of aliphatic imine (C=N–C) groups is 1. The van der Waals surface area contributed by atoms with Gasteiger partial charge in [0.2, 0.25) is 0 Å². The standard InChI is InChI=1S/C12H21N/c1-7(2)12-10(5)8(3)9(4)11(6)13-12/h7-8,10H,1-6H3. The van der Waals surface area contributed by atoms with Gasteiger partial charge in [-0.2, -0.15) is 0 Å². The highest BCUT2D eigenvalue weighted by molar-refractivity contribution is 5.90. The van der Waals surface area contributed by atoms with E-state index < -0.39 is 0 Å². The molecule has 1 heterocycles. The lowest BCUT2D eigenvalue weighted by Crippen LogP contribution is -2.27. The molecule has 13 heavy (non-hydrogen) atoms. The van der Waals surface area contributed by atoms with E-state index in [0.29, 0.717) is 17.8 Å². The summed E-state index contributed by atoms with van der Waals surface area (Å²) in [6.45, 7) is 13.4. The molecule has 1 rings (SSSR count). The molecule has 2 unspecified atom stereocenters. The van der Waals surface area contributed by atoms with E-state index in [0.717, 1.165) is 0 Å². The van der Waals surface area contributed by atoms with Crippen LogP contribution in [-0.2, 0) is 0 Å². The molecule has 0 amide bonds. The van der Waals surface area contributed by atoms with E-state index in [1.54, 1.807) is 0 Å². The third-order valence-electron chi connectivity index (χ3n) is 3.36. The van der Waals surface area contributed by atoms with Crippen LogP contribution in [0.3, 0.4) is 0 Å². The lowest BCUT2D eigenvalue weighted by molar-refractivity contribution is 0.520. The van der Waals surface area contributed by atoms with Gasteiger partial charge in [0, 0.05) is 17.3 Å². The Morgan fingerprint density at radius 2 is 1.62 bits per heavy atom. The third kappa shape index (κ3) is 1.84. The Morgan fingerprint density at radius 3 is 2.08 bits per heavy atom. The molecule has 0 fully saturated rings. The maximum absolute atomic E-state index is 4.69. The Kier molecular flexibility index (Phi) is 2.94. The normalized spacial score (nSPS) is 29.6. The Labute approximate surface area is 82.0 Å². The van der Waals surface area contributed by atoms with Crippen molar-refractivity contribution in [3.8, 4) is 0 Å². The maximum Gasteiger partial charge on any atom is 0.0364 e. The molecule has 1 heteroatoms. The van der Waals surface area contributed by atoms with Gasteiger partial charge in [-0.15, -0.1) is 0 Å². The minimum atomic E-state index is 0.584. The monoisotopic (exact) mass is 179 g/mol. The lowest BCUT2D eigenvalue weighted by atomic mass is 9.79. The molecule has 0 N–H and O–H groups in total. The first-order valence-electron chi connectivity index (χ1n) is 5.21. The van der Waals surface area contributed by atoms with Gasteiger partial charge in [-0.1, -0.05) is 27.7 Å². The van der Waals surface area contributed by atoms with Crippen molar-refractivity contribution in [3.05, 3.63) is 11.3 Å². The SMILES string of the molecule is CC1=C(C)C(C)C(C)C(C(C)C)=N1. The quantitative estimate of drug-likeness (QED) is 0.582. The number of allylic oxidation sites excluding steroid dienone is 2. The minimum Gasteiger partial charge on any atom is -0.262 e. The van der Waals surface area contributed by atoms with Gasteiger partial charge in [0.1, 0.15) is 0 Å². The molecule has 0 saturated heterocycles. The summed E-state index contributed by atoms with van der Waals surface area (Å²) in [5, 5.41) is 0. The summed E-state index contributed by atoms with van der Waals surface area (Å²) in [4.78, 5) is 4.69. The predicted molar refractivity (Wildman–Crippen MR) is 59.0 cm³/mol. The Balaban J connectivity index is 3.05. The molecule has 74 valence electrons. The molecule has 0 aromatic rings. The Hall–Kier alpha value is -0.590. The first-order valence-corrected chi connectivity index (χ1v) is 5.21. The second-order valence-corrected chi connectivity index (χ2v) is 4.54. The highest BCUT2D eigenvalue weighted by Crippen LogP contribution is 2.31. The number of hydrogen-bond acceptors (Lipinski definition) is 1. The first kappa shape index (κ1) is 10.5. The summed E-state index contributed by atoms with van der Waals surface area (Å²) in [6, 6.07) is 0. The molecule has 0 aliphatic carbocycles. The topological polar surface area (TPSA) is 12.4 Å². The number of nitrogens with zero attached hydrogens (tertiary/aromatic N) is 1. The predicted octanol–water partition coefficient (Wildman–Crippen LogP) is 3.66. The minimum absolute atomic E-state index is 0.584. The van der Waals surface area contributed by atoms with Crippen molar-refractivity contribution >= 4 is 5.71 Å². The van der Waals surface area contributed by atoms with E-state index in [4.69, 9.17) is 4.99 Å². The van der Waals surface area contributed by atoms with E-state index in [1.165, 1.54) is 17.0 Å². The van der Waals surface area contributed by atoms with Crippen LogP contribution < -0.4 is 0 Å². The number of hydrogen-bond donors (Lipinski definition) is 0. The van der Waals surface area contributed by atoms with Gasteiger partial charge >= 0.3 is 0 Å². The highest BCUT2D eigenvalue weighted by Gasteiger charge is 2.26. The van der Waals surface area contributed by atoms with Crippen molar-refractivity contribution in [3.63, 3.8) is 0 Å². The van der Waals surface area contributed by atoms with Gasteiger partial charge in [0.15, 0.2) is 0 Å². The van der Waals surface area contributed by atoms with Gasteiger partial charge in [0.05, 0.1) is 0 Å². The summed E-state index contributed by atoms with van der Waals surface area (Å²) in [7, 11) is 0. The van der Waals surface area contributed by atoms with Crippen LogP contribution in [0, 0.1) is 17.8 Å². The summed E-state index contributed by atoms with van der Waals surface area (Å²) >= 11 is 0. The van der Waals surface area contributed by atoms with E-state index in [1.807, 2.05) is 0 Å².